The monoisotopic (exact) mass is 360 g/mol. The van der Waals surface area contributed by atoms with E-state index in [1.54, 1.807) is 7.11 Å². The molecule has 1 fully saturated rings. The quantitative estimate of drug-likeness (QED) is 0.686. The molecule has 25 heavy (non-hydrogen) atoms. The number of piperidine rings is 1. The first-order valence-corrected chi connectivity index (χ1v) is 8.69. The largest absolute Gasteiger partial charge is 0.493 e. The Kier molecular flexibility index (Phi) is 7.99. The van der Waals surface area contributed by atoms with Crippen molar-refractivity contribution >= 4 is 0 Å². The van der Waals surface area contributed by atoms with Crippen molar-refractivity contribution in [3.05, 3.63) is 29.8 Å². The Hall–Kier alpha value is -1.31. The minimum atomic E-state index is -4.11. The normalized spacial score (nSPS) is 17.0. The Labute approximate surface area is 147 Å². The molecule has 7 heteroatoms. The third-order valence-corrected chi connectivity index (χ3v) is 4.25. The molecule has 0 radical (unpaired) electrons. The zero-order valence-corrected chi connectivity index (χ0v) is 14.6. The minimum Gasteiger partial charge on any atom is -0.493 e. The molecule has 142 valence electrons. The maximum absolute atomic E-state index is 12.4. The third-order valence-electron chi connectivity index (χ3n) is 4.25. The molecule has 2 rings (SSSR count). The predicted molar refractivity (Wildman–Crippen MR) is 90.8 cm³/mol. The van der Waals surface area contributed by atoms with Crippen molar-refractivity contribution in [3.63, 3.8) is 0 Å². The van der Waals surface area contributed by atoms with Crippen LogP contribution in [0.2, 0.25) is 0 Å². The number of likely N-dealkylation sites (tertiary alicyclic amines) is 1. The molecule has 1 aliphatic rings. The van der Waals surface area contributed by atoms with E-state index in [1.165, 1.54) is 4.90 Å². The van der Waals surface area contributed by atoms with Crippen molar-refractivity contribution < 1.29 is 22.6 Å². The summed E-state index contributed by atoms with van der Waals surface area (Å²) in [4.78, 5) is 1.48. The van der Waals surface area contributed by atoms with E-state index in [-0.39, 0.29) is 6.04 Å². The number of hydrogen-bond acceptors (Lipinski definition) is 4. The van der Waals surface area contributed by atoms with Crippen LogP contribution < -0.4 is 10.1 Å². The second-order valence-corrected chi connectivity index (χ2v) is 6.39. The molecule has 0 atom stereocenters. The van der Waals surface area contributed by atoms with Crippen LogP contribution in [-0.2, 0) is 11.3 Å². The highest BCUT2D eigenvalue weighted by atomic mass is 19.4. The lowest BCUT2D eigenvalue weighted by Gasteiger charge is -2.32. The second kappa shape index (κ2) is 9.99. The van der Waals surface area contributed by atoms with Crippen molar-refractivity contribution in [2.24, 2.45) is 0 Å². The van der Waals surface area contributed by atoms with E-state index >= 15 is 0 Å². The standard InChI is InChI=1S/C18H27F3N2O2/c1-24-10-3-11-25-17-5-2-4-15(12-17)13-22-16-6-8-23(9-7-16)14-18(19,20)21/h2,4-5,12,16,22H,3,6-11,13-14H2,1H3. The average Bonchev–Trinajstić information content (AvgIpc) is 2.57. The molecule has 4 nitrogen and oxygen atoms in total. The van der Waals surface area contributed by atoms with Crippen molar-refractivity contribution in [2.45, 2.75) is 38.0 Å². The molecular weight excluding hydrogens is 333 g/mol. The van der Waals surface area contributed by atoms with E-state index in [9.17, 15) is 13.2 Å². The summed E-state index contributed by atoms with van der Waals surface area (Å²) in [6.07, 6.45) is -1.79. The minimum absolute atomic E-state index is 0.260. The molecule has 1 aromatic carbocycles. The zero-order valence-electron chi connectivity index (χ0n) is 14.6. The molecule has 0 aromatic heterocycles. The van der Waals surface area contributed by atoms with E-state index in [0.717, 1.165) is 30.6 Å². The maximum atomic E-state index is 12.4. The first-order chi connectivity index (χ1) is 12.0. The lowest BCUT2D eigenvalue weighted by Crippen LogP contribution is -2.45. The highest BCUT2D eigenvalue weighted by Crippen LogP contribution is 2.20. The van der Waals surface area contributed by atoms with Gasteiger partial charge < -0.3 is 14.8 Å². The van der Waals surface area contributed by atoms with Crippen molar-refractivity contribution in [1.82, 2.24) is 10.2 Å². The second-order valence-electron chi connectivity index (χ2n) is 6.39. The Balaban J connectivity index is 1.69. The maximum Gasteiger partial charge on any atom is 0.401 e. The van der Waals surface area contributed by atoms with E-state index in [2.05, 4.69) is 5.32 Å². The molecule has 1 aromatic rings. The first kappa shape index (κ1) is 20.0. The van der Waals surface area contributed by atoms with Crippen LogP contribution in [0.4, 0.5) is 13.2 Å². The fraction of sp³-hybridized carbons (Fsp3) is 0.667. The Morgan fingerprint density at radius 2 is 1.96 bits per heavy atom. The van der Waals surface area contributed by atoms with Gasteiger partial charge in [-0.1, -0.05) is 12.1 Å². The Morgan fingerprint density at radius 3 is 2.64 bits per heavy atom. The highest BCUT2D eigenvalue weighted by Gasteiger charge is 2.32. The molecule has 0 bridgehead atoms. The SMILES string of the molecule is COCCCOc1cccc(CNC2CCN(CC(F)(F)F)CC2)c1. The number of nitrogens with zero attached hydrogens (tertiary/aromatic N) is 1. The summed E-state index contributed by atoms with van der Waals surface area (Å²) in [6, 6.07) is 8.16. The van der Waals surface area contributed by atoms with Crippen LogP contribution in [0.1, 0.15) is 24.8 Å². The third kappa shape index (κ3) is 8.07. The molecule has 0 spiro atoms. The van der Waals surface area contributed by atoms with Gasteiger partial charge in [-0.2, -0.15) is 13.2 Å². The molecular formula is C18H27F3N2O2. The van der Waals surface area contributed by atoms with Gasteiger partial charge in [0.25, 0.3) is 0 Å². The van der Waals surface area contributed by atoms with E-state index in [1.807, 2.05) is 24.3 Å². The van der Waals surface area contributed by atoms with Crippen molar-refractivity contribution in [2.75, 3.05) is 40.0 Å². The van der Waals surface area contributed by atoms with Gasteiger partial charge >= 0.3 is 6.18 Å². The smallest absolute Gasteiger partial charge is 0.401 e. The van der Waals surface area contributed by atoms with Gasteiger partial charge in [0.05, 0.1) is 13.2 Å². The summed E-state index contributed by atoms with van der Waals surface area (Å²) in [5.41, 5.74) is 1.11. The summed E-state index contributed by atoms with van der Waals surface area (Å²) in [5.74, 6) is 0.829. The van der Waals surface area contributed by atoms with Crippen LogP contribution in [0.3, 0.4) is 0 Å². The summed E-state index contributed by atoms with van der Waals surface area (Å²) in [6.45, 7) is 2.15. The zero-order chi connectivity index (χ0) is 18.1. The van der Waals surface area contributed by atoms with Crippen molar-refractivity contribution in [3.8, 4) is 5.75 Å². The number of nitrogens with one attached hydrogen (secondary N) is 1. The molecule has 0 unspecified atom stereocenters. The fourth-order valence-corrected chi connectivity index (χ4v) is 2.95. The molecule has 0 aliphatic carbocycles. The number of alkyl halides is 3. The van der Waals surface area contributed by atoms with Crippen molar-refractivity contribution in [1.29, 1.82) is 0 Å². The van der Waals surface area contributed by atoms with Gasteiger partial charge in [-0.05, 0) is 43.6 Å². The summed E-state index contributed by atoms with van der Waals surface area (Å²) in [7, 11) is 1.67. The van der Waals surface area contributed by atoms with Gasteiger partial charge in [0.1, 0.15) is 5.75 Å². The molecule has 1 N–H and O–H groups in total. The van der Waals surface area contributed by atoms with Gasteiger partial charge in [0.2, 0.25) is 0 Å². The van der Waals surface area contributed by atoms with E-state index in [0.29, 0.717) is 32.8 Å². The van der Waals surface area contributed by atoms with Crippen LogP contribution in [0.15, 0.2) is 24.3 Å². The van der Waals surface area contributed by atoms with Crippen LogP contribution >= 0.6 is 0 Å². The van der Waals surface area contributed by atoms with Crippen LogP contribution in [0.25, 0.3) is 0 Å². The first-order valence-electron chi connectivity index (χ1n) is 8.69. The summed E-state index contributed by atoms with van der Waals surface area (Å²) >= 11 is 0. The number of halogens is 3. The molecule has 1 aliphatic heterocycles. The van der Waals surface area contributed by atoms with E-state index in [4.69, 9.17) is 9.47 Å². The molecule has 1 heterocycles. The fourth-order valence-electron chi connectivity index (χ4n) is 2.95. The topological polar surface area (TPSA) is 33.7 Å². The Bertz CT molecular complexity index is 503. The number of benzene rings is 1. The van der Waals surface area contributed by atoms with E-state index < -0.39 is 12.7 Å². The lowest BCUT2D eigenvalue weighted by atomic mass is 10.0. The lowest BCUT2D eigenvalue weighted by molar-refractivity contribution is -0.148. The molecule has 0 saturated carbocycles. The number of methoxy groups -OCH3 is 1. The average molecular weight is 360 g/mol. The van der Waals surface area contributed by atoms with Gasteiger partial charge in [0.15, 0.2) is 0 Å². The highest BCUT2D eigenvalue weighted by molar-refractivity contribution is 5.28. The number of rotatable bonds is 9. The van der Waals surface area contributed by atoms with Gasteiger partial charge in [-0.15, -0.1) is 0 Å². The van der Waals surface area contributed by atoms with Gasteiger partial charge in [0, 0.05) is 32.7 Å². The molecule has 1 saturated heterocycles. The van der Waals surface area contributed by atoms with Gasteiger partial charge in [-0.25, -0.2) is 0 Å². The summed E-state index contributed by atoms with van der Waals surface area (Å²) < 4.78 is 47.9. The number of ether oxygens (including phenoxy) is 2. The van der Waals surface area contributed by atoms with Crippen LogP contribution in [-0.4, -0.2) is 57.1 Å². The van der Waals surface area contributed by atoms with Crippen LogP contribution in [0, 0.1) is 0 Å². The van der Waals surface area contributed by atoms with Gasteiger partial charge in [-0.3, -0.25) is 4.90 Å². The summed E-state index contributed by atoms with van der Waals surface area (Å²) in [5, 5.41) is 3.44. The molecule has 0 amide bonds. The Morgan fingerprint density at radius 1 is 1.20 bits per heavy atom. The predicted octanol–water partition coefficient (Wildman–Crippen LogP) is 3.22. The van der Waals surface area contributed by atoms with Crippen LogP contribution in [0.5, 0.6) is 5.75 Å². The number of hydrogen-bond donors (Lipinski definition) is 1.